The zero-order valence-electron chi connectivity index (χ0n) is 31.6. The number of carbonyl (C=O) groups is 2. The molecule has 3 amide bonds. The van der Waals surface area contributed by atoms with Crippen LogP contribution < -0.4 is 19.9 Å². The number of amides is 3. The lowest BCUT2D eigenvalue weighted by atomic mass is 9.87. The first-order valence-electron chi connectivity index (χ1n) is 18.5. The predicted octanol–water partition coefficient (Wildman–Crippen LogP) is 3.42. The van der Waals surface area contributed by atoms with Gasteiger partial charge in [-0.1, -0.05) is 44.2 Å². The Labute approximate surface area is 313 Å². The van der Waals surface area contributed by atoms with Crippen LogP contribution in [0.15, 0.2) is 53.4 Å². The van der Waals surface area contributed by atoms with Crippen LogP contribution in [0, 0.1) is 11.3 Å². The number of rotatable bonds is 17. The molecule has 2 saturated heterocycles. The topological polar surface area (TPSA) is 170 Å². The molecule has 0 saturated carbocycles. The largest absolute Gasteiger partial charge is 0.530 e. The fourth-order valence-corrected chi connectivity index (χ4v) is 9.42. The zero-order valence-corrected chi connectivity index (χ0v) is 32.4. The number of urea groups is 1. The number of hydrogen-bond acceptors (Lipinski definition) is 10. The van der Waals surface area contributed by atoms with Gasteiger partial charge in [0.15, 0.2) is 17.8 Å². The number of nitrogens with one attached hydrogen (secondary N) is 1. The summed E-state index contributed by atoms with van der Waals surface area (Å²) in [6.07, 6.45) is -1.69. The summed E-state index contributed by atoms with van der Waals surface area (Å²) in [7, 11) is -4.28. The van der Waals surface area contributed by atoms with Crippen LogP contribution in [0.3, 0.4) is 0 Å². The van der Waals surface area contributed by atoms with Crippen molar-refractivity contribution in [3.8, 4) is 11.5 Å². The van der Waals surface area contributed by atoms with E-state index < -0.39 is 52.6 Å². The van der Waals surface area contributed by atoms with Crippen molar-refractivity contribution < 1.29 is 47.2 Å². The van der Waals surface area contributed by atoms with Gasteiger partial charge in [0.2, 0.25) is 16.8 Å². The normalized spacial score (nSPS) is 20.8. The highest BCUT2D eigenvalue weighted by Gasteiger charge is 2.47. The molecule has 0 unspecified atom stereocenters. The van der Waals surface area contributed by atoms with E-state index >= 15 is 0 Å². The summed E-state index contributed by atoms with van der Waals surface area (Å²) in [5, 5.41) is 28.1. The smallest absolute Gasteiger partial charge is 0.317 e. The van der Waals surface area contributed by atoms with Crippen molar-refractivity contribution in [3.05, 3.63) is 54.1 Å². The summed E-state index contributed by atoms with van der Waals surface area (Å²) in [4.78, 5) is 28.7. The van der Waals surface area contributed by atoms with Gasteiger partial charge in [-0.2, -0.15) is 4.31 Å². The molecule has 0 spiro atoms. The molecule has 0 aromatic heterocycles. The number of benzene rings is 2. The Hall–Kier alpha value is -3.63. The number of aliphatic hydroxyl groups is 1. The van der Waals surface area contributed by atoms with Crippen molar-refractivity contribution in [3.63, 3.8) is 0 Å². The van der Waals surface area contributed by atoms with Crippen molar-refractivity contribution in [2.45, 2.75) is 109 Å². The number of aliphatic hydroxyl groups excluding tert-OH is 1. The molecular formula is C38H55N4O10S-. The summed E-state index contributed by atoms with van der Waals surface area (Å²) in [6.45, 7) is 12.2. The van der Waals surface area contributed by atoms with Crippen LogP contribution in [0.5, 0.6) is 11.5 Å². The third-order valence-corrected chi connectivity index (χ3v) is 12.1. The summed E-state index contributed by atoms with van der Waals surface area (Å²) in [5.74, 6) is 0.462. The first-order chi connectivity index (χ1) is 25.1. The van der Waals surface area contributed by atoms with E-state index in [9.17, 15) is 28.2 Å². The highest BCUT2D eigenvalue weighted by atomic mass is 32.2. The maximum absolute atomic E-state index is 14.5. The van der Waals surface area contributed by atoms with Crippen LogP contribution in [-0.4, -0.2) is 116 Å². The molecule has 0 radical (unpaired) electrons. The van der Waals surface area contributed by atoms with Crippen molar-refractivity contribution in [1.29, 1.82) is 0 Å². The minimum atomic E-state index is -4.28. The summed E-state index contributed by atoms with van der Waals surface area (Å²) in [6, 6.07) is 11.7. The van der Waals surface area contributed by atoms with Gasteiger partial charge in [-0.05, 0) is 76.5 Å². The van der Waals surface area contributed by atoms with Crippen molar-refractivity contribution >= 4 is 22.1 Å². The van der Waals surface area contributed by atoms with Crippen LogP contribution in [0.25, 0.3) is 0 Å². The molecular weight excluding hydrogens is 705 g/mol. The second-order valence-corrected chi connectivity index (χ2v) is 17.4. The van der Waals surface area contributed by atoms with E-state index in [1.54, 1.807) is 4.90 Å². The van der Waals surface area contributed by atoms with E-state index in [1.807, 2.05) is 71.9 Å². The van der Waals surface area contributed by atoms with E-state index in [4.69, 9.17) is 18.9 Å². The van der Waals surface area contributed by atoms with Gasteiger partial charge in [-0.25, -0.2) is 13.2 Å². The standard InChI is InChI=1S/C38H56N4O10S/c1-25(2)41(26(3)4)36(44)39-17-10-16-38(5,6)23-40(53(47,48)28-13-14-33-34(20-28)52-24-51-33)21-32(43)30(19-27-11-8-7-9-12-27)42(37(45)46)31-22-50-35-29(31)15-18-49-35/h7-9,11-14,20,25-26,29-32,35,43H,10,15-19,21-24H2,1-6H3,(H,39,44)(H,45,46)/p-1/t29-,30-,31-,32+,35+/m0/s1. The lowest BCUT2D eigenvalue weighted by Crippen LogP contribution is -2.61. The fraction of sp³-hybridized carbons (Fsp3) is 0.632. The minimum absolute atomic E-state index is 0.00660. The molecule has 2 fully saturated rings. The van der Waals surface area contributed by atoms with Crippen LogP contribution in [0.2, 0.25) is 0 Å². The summed E-state index contributed by atoms with van der Waals surface area (Å²) < 4.78 is 52.7. The monoisotopic (exact) mass is 759 g/mol. The van der Waals surface area contributed by atoms with Crippen molar-refractivity contribution in [2.75, 3.05) is 39.6 Å². The van der Waals surface area contributed by atoms with Crippen LogP contribution in [0.4, 0.5) is 9.59 Å². The molecule has 3 aliphatic rings. The number of fused-ring (bicyclic) bond motifs is 2. The quantitative estimate of drug-likeness (QED) is 0.228. The van der Waals surface area contributed by atoms with E-state index in [-0.39, 0.29) is 61.0 Å². The van der Waals surface area contributed by atoms with Crippen LogP contribution >= 0.6 is 0 Å². The number of nitrogens with zero attached hydrogens (tertiary/aromatic N) is 3. The lowest BCUT2D eigenvalue weighted by molar-refractivity contribution is -0.273. The number of ether oxygens (including phenoxy) is 4. The molecule has 0 aliphatic carbocycles. The third kappa shape index (κ3) is 9.73. The van der Waals surface area contributed by atoms with E-state index in [0.717, 1.165) is 10.5 Å². The van der Waals surface area contributed by atoms with Gasteiger partial charge in [0.05, 0.1) is 36.3 Å². The summed E-state index contributed by atoms with van der Waals surface area (Å²) >= 11 is 0. The van der Waals surface area contributed by atoms with Crippen molar-refractivity contribution in [1.82, 2.24) is 19.4 Å². The maximum Gasteiger partial charge on any atom is 0.317 e. The molecule has 15 heteroatoms. The molecule has 5 rings (SSSR count). The Bertz CT molecular complexity index is 1650. The predicted molar refractivity (Wildman–Crippen MR) is 195 cm³/mol. The molecule has 14 nitrogen and oxygen atoms in total. The molecule has 2 aromatic carbocycles. The van der Waals surface area contributed by atoms with Crippen LogP contribution in [-0.2, 0) is 25.9 Å². The van der Waals surface area contributed by atoms with Gasteiger partial charge >= 0.3 is 6.03 Å². The van der Waals surface area contributed by atoms with Gasteiger partial charge < -0.3 is 49.1 Å². The number of carbonyl (C=O) groups excluding carboxylic acids is 2. The SMILES string of the molecule is CC(C)N(C(=O)NCCCC(C)(C)CN(C[C@@H](O)[C@H](Cc1ccccc1)N(C(=O)[O-])[C@H]1CO[C@H]2OCC[C@H]21)S(=O)(=O)c1ccc2c(c1)OCO2)C(C)C. The molecule has 2 N–H and O–H groups in total. The number of sulfonamides is 1. The number of hydrogen-bond donors (Lipinski definition) is 2. The van der Waals surface area contributed by atoms with Crippen LogP contribution in [0.1, 0.15) is 66.4 Å². The molecule has 2 aromatic rings. The van der Waals surface area contributed by atoms with Gasteiger partial charge in [0.25, 0.3) is 0 Å². The van der Waals surface area contributed by atoms with Gasteiger partial charge in [-0.3, -0.25) is 0 Å². The van der Waals surface area contributed by atoms with Gasteiger partial charge in [0, 0.05) is 43.7 Å². The molecule has 53 heavy (non-hydrogen) atoms. The molecule has 3 heterocycles. The van der Waals surface area contributed by atoms with E-state index in [1.165, 1.54) is 22.5 Å². The Morgan fingerprint density at radius 3 is 2.40 bits per heavy atom. The fourth-order valence-electron chi connectivity index (χ4n) is 7.76. The third-order valence-electron chi connectivity index (χ3n) is 10.3. The summed E-state index contributed by atoms with van der Waals surface area (Å²) in [5.41, 5.74) is 0.141. The second kappa shape index (κ2) is 17.2. The lowest BCUT2D eigenvalue weighted by Gasteiger charge is -2.43. The highest BCUT2D eigenvalue weighted by molar-refractivity contribution is 7.89. The Morgan fingerprint density at radius 2 is 1.72 bits per heavy atom. The maximum atomic E-state index is 14.5. The Morgan fingerprint density at radius 1 is 1.02 bits per heavy atom. The first-order valence-corrected chi connectivity index (χ1v) is 19.9. The first kappa shape index (κ1) is 40.6. The molecule has 5 atom stereocenters. The average Bonchev–Trinajstić information content (AvgIpc) is 3.84. The van der Waals surface area contributed by atoms with Crippen molar-refractivity contribution in [2.24, 2.45) is 11.3 Å². The second-order valence-electron chi connectivity index (χ2n) is 15.5. The van der Waals surface area contributed by atoms with Gasteiger partial charge in [-0.15, -0.1) is 0 Å². The number of carboxylic acid groups (broad SMARTS) is 1. The molecule has 0 bridgehead atoms. The average molecular weight is 760 g/mol. The van der Waals surface area contributed by atoms with E-state index in [0.29, 0.717) is 38.2 Å². The Kier molecular flexibility index (Phi) is 13.2. The minimum Gasteiger partial charge on any atom is -0.530 e. The molecule has 3 aliphatic heterocycles. The highest BCUT2D eigenvalue weighted by Crippen LogP contribution is 2.38. The van der Waals surface area contributed by atoms with E-state index in [2.05, 4.69) is 5.32 Å². The Balaban J connectivity index is 1.41. The van der Waals surface area contributed by atoms with Gasteiger partial charge in [0.1, 0.15) is 6.09 Å². The molecule has 294 valence electrons. The zero-order chi connectivity index (χ0) is 38.5.